The molecule has 22 heavy (non-hydrogen) atoms. The van der Waals surface area contributed by atoms with Crippen molar-refractivity contribution in [3.63, 3.8) is 0 Å². The molecule has 0 radical (unpaired) electrons. The zero-order valence-electron chi connectivity index (χ0n) is 12.2. The molecule has 3 rings (SSSR count). The predicted molar refractivity (Wildman–Crippen MR) is 78.6 cm³/mol. The third kappa shape index (κ3) is 3.73. The lowest BCUT2D eigenvalue weighted by atomic mass is 9.85. The molecule has 1 fully saturated rings. The Morgan fingerprint density at radius 3 is 2.86 bits per heavy atom. The fourth-order valence-electron chi connectivity index (χ4n) is 2.58. The first-order valence-electron chi connectivity index (χ1n) is 7.52. The number of nitrogens with one attached hydrogen (secondary N) is 1. The van der Waals surface area contributed by atoms with Gasteiger partial charge in [0.2, 0.25) is 11.8 Å². The van der Waals surface area contributed by atoms with Crippen LogP contribution in [0.3, 0.4) is 0 Å². The number of carbonyl (C=O) groups excluding carboxylic acids is 1. The molecule has 1 saturated carbocycles. The molecule has 1 N–H and O–H groups in total. The van der Waals surface area contributed by atoms with Gasteiger partial charge in [0.1, 0.15) is 0 Å². The summed E-state index contributed by atoms with van der Waals surface area (Å²) in [4.78, 5) is 16.1. The second kappa shape index (κ2) is 6.20. The maximum absolute atomic E-state index is 11.8. The first-order chi connectivity index (χ1) is 10.5. The molecular formula is C14H19N3O4S. The van der Waals surface area contributed by atoms with Crippen LogP contribution in [0.1, 0.15) is 43.3 Å². The quantitative estimate of drug-likeness (QED) is 0.835. The van der Waals surface area contributed by atoms with E-state index in [2.05, 4.69) is 15.5 Å². The van der Waals surface area contributed by atoms with Crippen LogP contribution in [0.5, 0.6) is 0 Å². The van der Waals surface area contributed by atoms with E-state index in [1.54, 1.807) is 6.08 Å². The van der Waals surface area contributed by atoms with Crippen LogP contribution in [-0.2, 0) is 21.1 Å². The van der Waals surface area contributed by atoms with Gasteiger partial charge in [0, 0.05) is 36.6 Å². The molecule has 1 aromatic rings. The molecule has 120 valence electrons. The summed E-state index contributed by atoms with van der Waals surface area (Å²) in [6.45, 7) is 0.422. The normalized spacial score (nSPS) is 23.4. The van der Waals surface area contributed by atoms with Gasteiger partial charge in [0.25, 0.3) is 0 Å². The lowest BCUT2D eigenvalue weighted by Crippen LogP contribution is -2.28. The number of rotatable bonds is 6. The standard InChI is InChI=1S/C14H19N3O4S/c18-13(8-10-5-7-22(19,20)9-10)15-6-4-12-16-14(21-17-12)11-2-1-3-11/h5,7,10-11H,1-4,6,8-9H2,(H,15,18)/t10-/m1/s1. The van der Waals surface area contributed by atoms with Crippen molar-refractivity contribution >= 4 is 15.7 Å². The maximum Gasteiger partial charge on any atom is 0.229 e. The molecule has 1 amide bonds. The number of nitrogens with zero attached hydrogens (tertiary/aromatic N) is 2. The van der Waals surface area contributed by atoms with E-state index in [-0.39, 0.29) is 24.0 Å². The van der Waals surface area contributed by atoms with Crippen LogP contribution in [0, 0.1) is 5.92 Å². The monoisotopic (exact) mass is 325 g/mol. The van der Waals surface area contributed by atoms with E-state index >= 15 is 0 Å². The lowest BCUT2D eigenvalue weighted by molar-refractivity contribution is -0.121. The van der Waals surface area contributed by atoms with Crippen molar-refractivity contribution in [2.75, 3.05) is 12.3 Å². The summed E-state index contributed by atoms with van der Waals surface area (Å²) in [7, 11) is -3.10. The van der Waals surface area contributed by atoms with Crippen LogP contribution in [-0.4, -0.2) is 36.8 Å². The van der Waals surface area contributed by atoms with Gasteiger partial charge in [-0.1, -0.05) is 17.7 Å². The Hall–Kier alpha value is -1.70. The molecular weight excluding hydrogens is 306 g/mol. The van der Waals surface area contributed by atoms with Gasteiger partial charge in [0.05, 0.1) is 5.75 Å². The van der Waals surface area contributed by atoms with Gasteiger partial charge in [-0.2, -0.15) is 4.98 Å². The topological polar surface area (TPSA) is 102 Å². The molecule has 8 heteroatoms. The van der Waals surface area contributed by atoms with E-state index in [4.69, 9.17) is 4.52 Å². The number of sulfone groups is 1. The number of hydrogen-bond donors (Lipinski definition) is 1. The zero-order chi connectivity index (χ0) is 15.6. The Bertz CT molecular complexity index is 676. The Labute approximate surface area is 129 Å². The molecule has 0 saturated heterocycles. The summed E-state index contributed by atoms with van der Waals surface area (Å²) in [6, 6.07) is 0. The summed E-state index contributed by atoms with van der Waals surface area (Å²) in [6.07, 6.45) is 5.71. The predicted octanol–water partition coefficient (Wildman–Crippen LogP) is 0.944. The van der Waals surface area contributed by atoms with E-state index in [0.29, 0.717) is 30.6 Å². The summed E-state index contributed by atoms with van der Waals surface area (Å²) < 4.78 is 27.7. The minimum Gasteiger partial charge on any atom is -0.356 e. The fraction of sp³-hybridized carbons (Fsp3) is 0.643. The van der Waals surface area contributed by atoms with Crippen molar-refractivity contribution in [3.05, 3.63) is 23.2 Å². The van der Waals surface area contributed by atoms with Crippen molar-refractivity contribution in [2.24, 2.45) is 5.92 Å². The van der Waals surface area contributed by atoms with Gasteiger partial charge in [-0.3, -0.25) is 4.79 Å². The second-order valence-corrected chi connectivity index (χ2v) is 7.83. The first kappa shape index (κ1) is 15.2. The third-order valence-electron chi connectivity index (χ3n) is 4.06. The molecule has 0 unspecified atom stereocenters. The number of aromatic nitrogens is 2. The average molecular weight is 325 g/mol. The largest absolute Gasteiger partial charge is 0.356 e. The van der Waals surface area contributed by atoms with Crippen LogP contribution in [0.25, 0.3) is 0 Å². The number of allylic oxidation sites excluding steroid dienone is 1. The molecule has 1 aliphatic heterocycles. The molecule has 0 aromatic carbocycles. The SMILES string of the molecule is O=C(C[C@H]1C=CS(=O)(=O)C1)NCCc1noc(C2CCC2)n1. The van der Waals surface area contributed by atoms with Crippen molar-refractivity contribution in [3.8, 4) is 0 Å². The van der Waals surface area contributed by atoms with Crippen molar-refractivity contribution in [1.82, 2.24) is 15.5 Å². The Morgan fingerprint density at radius 1 is 1.41 bits per heavy atom. The van der Waals surface area contributed by atoms with Crippen LogP contribution < -0.4 is 5.32 Å². The van der Waals surface area contributed by atoms with Crippen LogP contribution in [0.2, 0.25) is 0 Å². The molecule has 1 aliphatic carbocycles. The number of hydrogen-bond acceptors (Lipinski definition) is 6. The summed E-state index contributed by atoms with van der Waals surface area (Å²) in [5, 5.41) is 7.86. The lowest BCUT2D eigenvalue weighted by Gasteiger charge is -2.20. The molecule has 1 atom stereocenters. The van der Waals surface area contributed by atoms with E-state index in [1.165, 1.54) is 11.8 Å². The number of amides is 1. The minimum atomic E-state index is -3.10. The highest BCUT2D eigenvalue weighted by Crippen LogP contribution is 2.35. The average Bonchev–Trinajstić information content (AvgIpc) is 2.94. The second-order valence-electron chi connectivity index (χ2n) is 5.90. The molecule has 0 spiro atoms. The van der Waals surface area contributed by atoms with Gasteiger partial charge >= 0.3 is 0 Å². The highest BCUT2D eigenvalue weighted by molar-refractivity contribution is 7.94. The van der Waals surface area contributed by atoms with Crippen LogP contribution in [0.4, 0.5) is 0 Å². The van der Waals surface area contributed by atoms with Crippen molar-refractivity contribution in [2.45, 2.75) is 38.0 Å². The van der Waals surface area contributed by atoms with Gasteiger partial charge in [-0.15, -0.1) is 0 Å². The zero-order valence-corrected chi connectivity index (χ0v) is 13.0. The van der Waals surface area contributed by atoms with Gasteiger partial charge in [0.15, 0.2) is 15.7 Å². The molecule has 1 aromatic heterocycles. The minimum absolute atomic E-state index is 0.0238. The summed E-state index contributed by atoms with van der Waals surface area (Å²) in [5.41, 5.74) is 0. The maximum atomic E-state index is 11.8. The van der Waals surface area contributed by atoms with Crippen LogP contribution in [0.15, 0.2) is 16.0 Å². The third-order valence-corrected chi connectivity index (χ3v) is 5.53. The summed E-state index contributed by atoms with van der Waals surface area (Å²) >= 11 is 0. The van der Waals surface area contributed by atoms with E-state index in [1.807, 2.05) is 0 Å². The van der Waals surface area contributed by atoms with Gasteiger partial charge < -0.3 is 9.84 Å². The van der Waals surface area contributed by atoms with E-state index < -0.39 is 9.84 Å². The Balaban J connectivity index is 1.38. The fourth-order valence-corrected chi connectivity index (χ4v) is 3.98. The Morgan fingerprint density at radius 2 is 2.23 bits per heavy atom. The van der Waals surface area contributed by atoms with E-state index in [0.717, 1.165) is 12.8 Å². The van der Waals surface area contributed by atoms with Gasteiger partial charge in [-0.25, -0.2) is 8.42 Å². The molecule has 0 bridgehead atoms. The number of carbonyl (C=O) groups is 1. The van der Waals surface area contributed by atoms with Crippen LogP contribution >= 0.6 is 0 Å². The van der Waals surface area contributed by atoms with Gasteiger partial charge in [-0.05, 0) is 12.8 Å². The van der Waals surface area contributed by atoms with Crippen molar-refractivity contribution < 1.29 is 17.7 Å². The van der Waals surface area contributed by atoms with E-state index in [9.17, 15) is 13.2 Å². The molecule has 7 nitrogen and oxygen atoms in total. The molecule has 2 heterocycles. The van der Waals surface area contributed by atoms with Crippen molar-refractivity contribution in [1.29, 1.82) is 0 Å². The highest BCUT2D eigenvalue weighted by atomic mass is 32.2. The first-order valence-corrected chi connectivity index (χ1v) is 9.23. The molecule has 2 aliphatic rings. The highest BCUT2D eigenvalue weighted by Gasteiger charge is 2.25. The summed E-state index contributed by atoms with van der Waals surface area (Å²) in [5.74, 6) is 1.36. The Kier molecular flexibility index (Phi) is 4.28. The smallest absolute Gasteiger partial charge is 0.229 e.